The van der Waals surface area contributed by atoms with Gasteiger partial charge in [-0.1, -0.05) is 42.5 Å². The molecular formula is C24H26N4O2. The van der Waals surface area contributed by atoms with Crippen molar-refractivity contribution < 1.29 is 9.53 Å². The van der Waals surface area contributed by atoms with Crippen molar-refractivity contribution in [3.63, 3.8) is 0 Å². The van der Waals surface area contributed by atoms with E-state index in [9.17, 15) is 4.79 Å². The Balaban J connectivity index is 1.76. The number of hydrogen-bond donors (Lipinski definition) is 1. The van der Waals surface area contributed by atoms with Gasteiger partial charge in [0.2, 0.25) is 0 Å². The molecule has 1 N–H and O–H groups in total. The quantitative estimate of drug-likeness (QED) is 0.618. The van der Waals surface area contributed by atoms with E-state index in [1.807, 2.05) is 12.1 Å². The van der Waals surface area contributed by atoms with Gasteiger partial charge in [-0.15, -0.1) is 5.10 Å². The van der Waals surface area contributed by atoms with Gasteiger partial charge in [-0.05, 0) is 51.0 Å². The maximum absolute atomic E-state index is 12.2. The van der Waals surface area contributed by atoms with Gasteiger partial charge < -0.3 is 9.64 Å². The lowest BCUT2D eigenvalue weighted by molar-refractivity contribution is 0.0520. The normalized spacial score (nSPS) is 14.8. The summed E-state index contributed by atoms with van der Waals surface area (Å²) in [5.41, 5.74) is 6.15. The predicted octanol–water partition coefficient (Wildman–Crippen LogP) is 4.85. The third-order valence-electron chi connectivity index (χ3n) is 5.45. The van der Waals surface area contributed by atoms with Crippen molar-refractivity contribution in [2.45, 2.75) is 39.8 Å². The van der Waals surface area contributed by atoms with E-state index in [0.717, 1.165) is 23.4 Å². The molecule has 0 fully saturated rings. The van der Waals surface area contributed by atoms with Crippen LogP contribution in [0, 0.1) is 0 Å². The molecule has 0 radical (unpaired) electrons. The van der Waals surface area contributed by atoms with Gasteiger partial charge in [-0.2, -0.15) is 10.3 Å². The Bertz CT molecular complexity index is 1100. The predicted molar refractivity (Wildman–Crippen MR) is 118 cm³/mol. The van der Waals surface area contributed by atoms with Crippen LogP contribution in [0.1, 0.15) is 49.3 Å². The number of fused-ring (bicyclic) bond motifs is 1. The highest BCUT2D eigenvalue weighted by Gasteiger charge is 2.32. The van der Waals surface area contributed by atoms with E-state index in [1.54, 1.807) is 6.92 Å². The third kappa shape index (κ3) is 3.61. The number of nitrogens with zero attached hydrogens (tertiary/aromatic N) is 3. The number of hydrogen-bond acceptors (Lipinski definition) is 5. The first-order valence-corrected chi connectivity index (χ1v) is 10.1. The van der Waals surface area contributed by atoms with Crippen LogP contribution in [0.25, 0.3) is 16.8 Å². The second-order valence-electron chi connectivity index (χ2n) is 8.03. The first kappa shape index (κ1) is 19.9. The number of aromatic nitrogens is 3. The molecule has 1 aliphatic rings. The number of allylic oxidation sites excluding steroid dienone is 1. The Labute approximate surface area is 176 Å². The molecule has 0 aliphatic carbocycles. The minimum Gasteiger partial charge on any atom is -0.461 e. The Morgan fingerprint density at radius 3 is 2.63 bits per heavy atom. The monoisotopic (exact) mass is 402 g/mol. The Morgan fingerprint density at radius 2 is 1.90 bits per heavy atom. The van der Waals surface area contributed by atoms with Crippen molar-refractivity contribution in [1.29, 1.82) is 0 Å². The molecule has 0 spiro atoms. The number of nitrogens with one attached hydrogen (secondary N) is 1. The van der Waals surface area contributed by atoms with Crippen molar-refractivity contribution in [3.05, 3.63) is 71.4 Å². The molecule has 0 saturated carbocycles. The van der Waals surface area contributed by atoms with Crippen LogP contribution in [-0.4, -0.2) is 33.5 Å². The van der Waals surface area contributed by atoms with Crippen LogP contribution < -0.4 is 4.90 Å². The summed E-state index contributed by atoms with van der Waals surface area (Å²) in [6.07, 6.45) is 2.29. The van der Waals surface area contributed by atoms with Crippen LogP contribution >= 0.6 is 0 Å². The van der Waals surface area contributed by atoms with Gasteiger partial charge in [-0.25, -0.2) is 4.79 Å². The summed E-state index contributed by atoms with van der Waals surface area (Å²) in [5, 5.41) is 10.8. The second-order valence-corrected chi connectivity index (χ2v) is 8.03. The van der Waals surface area contributed by atoms with E-state index < -0.39 is 5.97 Å². The van der Waals surface area contributed by atoms with Crippen LogP contribution in [0.5, 0.6) is 0 Å². The maximum atomic E-state index is 12.2. The number of ether oxygens (including phenoxy) is 1. The molecule has 154 valence electrons. The molecule has 2 heterocycles. The van der Waals surface area contributed by atoms with Crippen molar-refractivity contribution in [2.24, 2.45) is 0 Å². The van der Waals surface area contributed by atoms with Gasteiger partial charge in [0.05, 0.1) is 12.1 Å². The molecule has 4 rings (SSSR count). The van der Waals surface area contributed by atoms with Gasteiger partial charge in [0.25, 0.3) is 0 Å². The Hall–Kier alpha value is -3.41. The van der Waals surface area contributed by atoms with Crippen molar-refractivity contribution >= 4 is 17.2 Å². The molecule has 6 heteroatoms. The standard InChI is InChI=1S/C24H26N4O2/c1-5-30-23(29)22-21(25-27-26-22)18-11-12-20-19(13-18)16(2)14-24(3,4)28(20)15-17-9-7-6-8-10-17/h6-14H,5,15H2,1-4H3,(H,25,26,27). The van der Waals surface area contributed by atoms with E-state index in [0.29, 0.717) is 12.3 Å². The number of carbonyl (C=O) groups excluding carboxylic acids is 1. The summed E-state index contributed by atoms with van der Waals surface area (Å²) in [6.45, 7) is 9.45. The fourth-order valence-corrected chi connectivity index (χ4v) is 4.06. The zero-order chi connectivity index (χ0) is 21.3. The Kier molecular flexibility index (Phi) is 5.16. The van der Waals surface area contributed by atoms with E-state index in [2.05, 4.69) is 83.6 Å². The van der Waals surface area contributed by atoms with Crippen LogP contribution in [0.2, 0.25) is 0 Å². The summed E-state index contributed by atoms with van der Waals surface area (Å²) in [7, 11) is 0. The van der Waals surface area contributed by atoms with Crippen LogP contribution in [-0.2, 0) is 11.3 Å². The molecule has 2 aromatic carbocycles. The molecule has 1 aliphatic heterocycles. The zero-order valence-corrected chi connectivity index (χ0v) is 17.8. The molecule has 0 bridgehead atoms. The zero-order valence-electron chi connectivity index (χ0n) is 17.8. The highest BCUT2D eigenvalue weighted by Crippen LogP contribution is 2.41. The van der Waals surface area contributed by atoms with Gasteiger partial charge in [0.1, 0.15) is 5.69 Å². The fraction of sp³-hybridized carbons (Fsp3) is 0.292. The summed E-state index contributed by atoms with van der Waals surface area (Å²) < 4.78 is 5.11. The van der Waals surface area contributed by atoms with Crippen molar-refractivity contribution in [1.82, 2.24) is 15.4 Å². The van der Waals surface area contributed by atoms with Crippen LogP contribution in [0.3, 0.4) is 0 Å². The molecule has 6 nitrogen and oxygen atoms in total. The van der Waals surface area contributed by atoms with Crippen LogP contribution in [0.4, 0.5) is 5.69 Å². The average molecular weight is 402 g/mol. The van der Waals surface area contributed by atoms with Crippen molar-refractivity contribution in [3.8, 4) is 11.3 Å². The van der Waals surface area contributed by atoms with Gasteiger partial charge in [0.15, 0.2) is 5.69 Å². The SMILES string of the molecule is CCOC(=O)c1n[nH]nc1-c1ccc2c(c1)C(C)=CC(C)(C)N2Cc1ccccc1. The Morgan fingerprint density at radius 1 is 1.13 bits per heavy atom. The minimum atomic E-state index is -0.474. The number of benzene rings is 2. The first-order chi connectivity index (χ1) is 14.4. The molecule has 0 saturated heterocycles. The number of anilines is 1. The van der Waals surface area contributed by atoms with E-state index in [-0.39, 0.29) is 11.2 Å². The maximum Gasteiger partial charge on any atom is 0.361 e. The molecule has 0 atom stereocenters. The van der Waals surface area contributed by atoms with Gasteiger partial charge in [-0.3, -0.25) is 0 Å². The molecule has 0 unspecified atom stereocenters. The smallest absolute Gasteiger partial charge is 0.361 e. The van der Waals surface area contributed by atoms with Gasteiger partial charge >= 0.3 is 5.97 Å². The summed E-state index contributed by atoms with van der Waals surface area (Å²) >= 11 is 0. The van der Waals surface area contributed by atoms with E-state index in [4.69, 9.17) is 4.74 Å². The molecule has 30 heavy (non-hydrogen) atoms. The number of carbonyl (C=O) groups is 1. The molecular weight excluding hydrogens is 376 g/mol. The number of esters is 1. The first-order valence-electron chi connectivity index (χ1n) is 10.1. The van der Waals surface area contributed by atoms with Gasteiger partial charge in [0, 0.05) is 23.4 Å². The largest absolute Gasteiger partial charge is 0.461 e. The highest BCUT2D eigenvalue weighted by molar-refractivity contribution is 5.95. The highest BCUT2D eigenvalue weighted by atomic mass is 16.5. The van der Waals surface area contributed by atoms with E-state index in [1.165, 1.54) is 11.1 Å². The minimum absolute atomic E-state index is 0.127. The molecule has 1 aromatic heterocycles. The van der Waals surface area contributed by atoms with Crippen LogP contribution in [0.15, 0.2) is 54.6 Å². The average Bonchev–Trinajstić information content (AvgIpc) is 3.21. The van der Waals surface area contributed by atoms with E-state index >= 15 is 0 Å². The summed E-state index contributed by atoms with van der Waals surface area (Å²) in [6, 6.07) is 16.6. The number of aromatic amines is 1. The second kappa shape index (κ2) is 7.78. The lowest BCUT2D eigenvalue weighted by atomic mass is 9.87. The summed E-state index contributed by atoms with van der Waals surface area (Å²) in [5.74, 6) is -0.474. The lowest BCUT2D eigenvalue weighted by Gasteiger charge is -2.43. The molecule has 3 aromatic rings. The summed E-state index contributed by atoms with van der Waals surface area (Å²) in [4.78, 5) is 14.6. The lowest BCUT2D eigenvalue weighted by Crippen LogP contribution is -2.44. The topological polar surface area (TPSA) is 71.1 Å². The van der Waals surface area contributed by atoms with Crippen molar-refractivity contribution in [2.75, 3.05) is 11.5 Å². The molecule has 0 amide bonds. The number of H-pyrrole nitrogens is 1. The fourth-order valence-electron chi connectivity index (χ4n) is 4.06. The number of rotatable bonds is 5. The third-order valence-corrected chi connectivity index (χ3v) is 5.45.